The number of nitrogens with zero attached hydrogens (tertiary/aromatic N) is 3. The molecule has 1 saturated heterocycles. The van der Waals surface area contributed by atoms with Crippen molar-refractivity contribution in [3.8, 4) is 0 Å². The minimum Gasteiger partial charge on any atom is -0.394 e. The molecule has 3 rings (SSSR count). The molecule has 1 aliphatic heterocycles. The molecule has 1 atom stereocenters. The quantitative estimate of drug-likeness (QED) is 0.846. The van der Waals surface area contributed by atoms with Crippen LogP contribution in [0.25, 0.3) is 0 Å². The van der Waals surface area contributed by atoms with E-state index in [0.717, 1.165) is 43.4 Å². The van der Waals surface area contributed by atoms with Gasteiger partial charge in [-0.1, -0.05) is 0 Å². The third kappa shape index (κ3) is 2.66. The van der Waals surface area contributed by atoms with Crippen molar-refractivity contribution in [2.45, 2.75) is 44.6 Å². The summed E-state index contributed by atoms with van der Waals surface area (Å²) in [6.45, 7) is 4.13. The zero-order chi connectivity index (χ0) is 13.2. The predicted molar refractivity (Wildman–Crippen MR) is 75.6 cm³/mol. The van der Waals surface area contributed by atoms with Crippen molar-refractivity contribution in [2.24, 2.45) is 0 Å². The third-order valence-corrected chi connectivity index (χ3v) is 3.91. The Kier molecular flexibility index (Phi) is 3.55. The second-order valence-corrected chi connectivity index (χ2v) is 5.45. The second kappa shape index (κ2) is 5.33. The Hall–Kier alpha value is -1.36. The van der Waals surface area contributed by atoms with Gasteiger partial charge in [-0.05, 0) is 32.6 Å². The highest BCUT2D eigenvalue weighted by molar-refractivity contribution is 5.51. The van der Waals surface area contributed by atoms with E-state index in [9.17, 15) is 5.11 Å². The average molecular weight is 262 g/mol. The highest BCUT2D eigenvalue weighted by Gasteiger charge is 2.30. The first-order chi connectivity index (χ1) is 9.31. The molecule has 1 aromatic rings. The molecule has 1 unspecified atom stereocenters. The predicted octanol–water partition coefficient (Wildman–Crippen LogP) is 1.75. The molecule has 19 heavy (non-hydrogen) atoms. The summed E-state index contributed by atoms with van der Waals surface area (Å²) in [6.07, 6.45) is 4.59. The number of aliphatic hydroxyl groups excluding tert-OH is 1. The largest absolute Gasteiger partial charge is 0.394 e. The Balaban J connectivity index is 1.90. The normalized spacial score (nSPS) is 22.8. The minimum atomic E-state index is 0.208. The van der Waals surface area contributed by atoms with Crippen LogP contribution in [-0.4, -0.2) is 40.8 Å². The average Bonchev–Trinajstić information content (AvgIpc) is 3.16. The zero-order valence-electron chi connectivity index (χ0n) is 11.5. The summed E-state index contributed by atoms with van der Waals surface area (Å²) in [4.78, 5) is 11.5. The molecule has 2 fully saturated rings. The molecular formula is C14H22N4O. The lowest BCUT2D eigenvalue weighted by Crippen LogP contribution is -2.33. The zero-order valence-corrected chi connectivity index (χ0v) is 11.5. The van der Waals surface area contributed by atoms with E-state index in [1.807, 2.05) is 6.07 Å². The van der Waals surface area contributed by atoms with Crippen molar-refractivity contribution < 1.29 is 5.11 Å². The van der Waals surface area contributed by atoms with E-state index in [2.05, 4.69) is 22.1 Å². The van der Waals surface area contributed by atoms with Gasteiger partial charge in [0.2, 0.25) is 0 Å². The summed E-state index contributed by atoms with van der Waals surface area (Å²) in [5.74, 6) is 3.41. The van der Waals surface area contributed by atoms with E-state index in [-0.39, 0.29) is 12.6 Å². The first-order valence-electron chi connectivity index (χ1n) is 7.32. The summed E-state index contributed by atoms with van der Waals surface area (Å²) in [5.41, 5.74) is 0. The molecule has 0 amide bonds. The van der Waals surface area contributed by atoms with Crippen molar-refractivity contribution in [1.82, 2.24) is 9.97 Å². The molecule has 0 aromatic carbocycles. The molecule has 104 valence electrons. The van der Waals surface area contributed by atoms with Gasteiger partial charge in [0, 0.05) is 25.1 Å². The highest BCUT2D eigenvalue weighted by atomic mass is 16.3. The fourth-order valence-electron chi connectivity index (χ4n) is 2.72. The van der Waals surface area contributed by atoms with E-state index in [4.69, 9.17) is 4.98 Å². The molecule has 2 aliphatic rings. The molecule has 2 heterocycles. The summed E-state index contributed by atoms with van der Waals surface area (Å²) >= 11 is 0. The first kappa shape index (κ1) is 12.7. The third-order valence-electron chi connectivity index (χ3n) is 3.91. The van der Waals surface area contributed by atoms with Gasteiger partial charge in [0.1, 0.15) is 17.5 Å². The summed E-state index contributed by atoms with van der Waals surface area (Å²) < 4.78 is 0. The Bertz CT molecular complexity index is 447. The lowest BCUT2D eigenvalue weighted by atomic mass is 10.2. The second-order valence-electron chi connectivity index (χ2n) is 5.45. The highest BCUT2D eigenvalue weighted by Crippen LogP contribution is 2.39. The van der Waals surface area contributed by atoms with Crippen LogP contribution in [0.2, 0.25) is 0 Å². The molecule has 0 bridgehead atoms. The molecule has 1 saturated carbocycles. The van der Waals surface area contributed by atoms with Crippen LogP contribution in [0.4, 0.5) is 11.6 Å². The van der Waals surface area contributed by atoms with Crippen molar-refractivity contribution in [1.29, 1.82) is 0 Å². The number of aliphatic hydroxyl groups is 1. The van der Waals surface area contributed by atoms with Gasteiger partial charge < -0.3 is 15.3 Å². The monoisotopic (exact) mass is 262 g/mol. The molecular weight excluding hydrogens is 240 g/mol. The summed E-state index contributed by atoms with van der Waals surface area (Å²) in [6, 6.07) is 2.24. The van der Waals surface area contributed by atoms with Crippen molar-refractivity contribution in [3.63, 3.8) is 0 Å². The van der Waals surface area contributed by atoms with Crippen LogP contribution in [0.3, 0.4) is 0 Å². The molecule has 5 heteroatoms. The Morgan fingerprint density at radius 2 is 2.21 bits per heavy atom. The van der Waals surface area contributed by atoms with Crippen LogP contribution in [-0.2, 0) is 0 Å². The molecule has 0 radical (unpaired) electrons. The van der Waals surface area contributed by atoms with Crippen LogP contribution in [0.5, 0.6) is 0 Å². The molecule has 5 nitrogen and oxygen atoms in total. The van der Waals surface area contributed by atoms with Crippen LogP contribution < -0.4 is 10.2 Å². The SMILES string of the molecule is CCNc1cc(N2CCCC2CO)nc(C2CC2)n1. The number of hydrogen-bond donors (Lipinski definition) is 2. The van der Waals surface area contributed by atoms with Gasteiger partial charge in [-0.3, -0.25) is 0 Å². The topological polar surface area (TPSA) is 61.3 Å². The van der Waals surface area contributed by atoms with Crippen molar-refractivity contribution >= 4 is 11.6 Å². The maximum absolute atomic E-state index is 9.46. The summed E-state index contributed by atoms with van der Waals surface area (Å²) in [5, 5.41) is 12.7. The molecule has 1 aliphatic carbocycles. The van der Waals surface area contributed by atoms with E-state index >= 15 is 0 Å². The Labute approximate surface area is 114 Å². The van der Waals surface area contributed by atoms with Gasteiger partial charge in [-0.15, -0.1) is 0 Å². The minimum absolute atomic E-state index is 0.208. The lowest BCUT2D eigenvalue weighted by Gasteiger charge is -2.25. The van der Waals surface area contributed by atoms with E-state index in [1.165, 1.54) is 12.8 Å². The number of nitrogens with one attached hydrogen (secondary N) is 1. The number of aromatic nitrogens is 2. The maximum Gasteiger partial charge on any atom is 0.136 e. The van der Waals surface area contributed by atoms with Gasteiger partial charge in [0.25, 0.3) is 0 Å². The van der Waals surface area contributed by atoms with Gasteiger partial charge in [0.05, 0.1) is 12.6 Å². The molecule has 0 spiro atoms. The first-order valence-corrected chi connectivity index (χ1v) is 7.32. The van der Waals surface area contributed by atoms with Gasteiger partial charge in [-0.25, -0.2) is 9.97 Å². The van der Waals surface area contributed by atoms with Crippen molar-refractivity contribution in [3.05, 3.63) is 11.9 Å². The van der Waals surface area contributed by atoms with Crippen LogP contribution in [0.1, 0.15) is 44.3 Å². The Morgan fingerprint density at radius 3 is 2.89 bits per heavy atom. The Morgan fingerprint density at radius 1 is 1.37 bits per heavy atom. The van der Waals surface area contributed by atoms with Crippen LogP contribution >= 0.6 is 0 Å². The maximum atomic E-state index is 9.46. The van der Waals surface area contributed by atoms with Gasteiger partial charge in [-0.2, -0.15) is 0 Å². The van der Waals surface area contributed by atoms with Gasteiger partial charge >= 0.3 is 0 Å². The van der Waals surface area contributed by atoms with E-state index < -0.39 is 0 Å². The van der Waals surface area contributed by atoms with Crippen LogP contribution in [0, 0.1) is 0 Å². The van der Waals surface area contributed by atoms with Crippen LogP contribution in [0.15, 0.2) is 6.07 Å². The van der Waals surface area contributed by atoms with E-state index in [1.54, 1.807) is 0 Å². The standard InChI is InChI=1S/C14H22N4O/c1-2-15-12-8-13(17-14(16-12)10-5-6-10)18-7-3-4-11(18)9-19/h8,10-11,19H,2-7,9H2,1H3,(H,15,16,17). The molecule has 1 aromatic heterocycles. The van der Waals surface area contributed by atoms with E-state index in [0.29, 0.717) is 5.92 Å². The number of rotatable bonds is 5. The van der Waals surface area contributed by atoms with Crippen molar-refractivity contribution in [2.75, 3.05) is 29.9 Å². The fraction of sp³-hybridized carbons (Fsp3) is 0.714. The molecule has 2 N–H and O–H groups in total. The summed E-state index contributed by atoms with van der Waals surface area (Å²) in [7, 11) is 0. The number of hydrogen-bond acceptors (Lipinski definition) is 5. The van der Waals surface area contributed by atoms with Gasteiger partial charge in [0.15, 0.2) is 0 Å². The fourth-order valence-corrected chi connectivity index (χ4v) is 2.72. The smallest absolute Gasteiger partial charge is 0.136 e. The number of anilines is 2. The lowest BCUT2D eigenvalue weighted by molar-refractivity contribution is 0.266.